The summed E-state index contributed by atoms with van der Waals surface area (Å²) in [4.78, 5) is 12.0. The van der Waals surface area contributed by atoms with Crippen LogP contribution in [0.3, 0.4) is 0 Å². The van der Waals surface area contributed by atoms with Gasteiger partial charge in [-0.15, -0.1) is 0 Å². The van der Waals surface area contributed by atoms with Crippen LogP contribution >= 0.6 is 11.6 Å². The Balaban J connectivity index is 2.64. The smallest absolute Gasteiger partial charge is 0.137 e. The first kappa shape index (κ1) is 16.1. The van der Waals surface area contributed by atoms with Crippen LogP contribution in [0.4, 0.5) is 4.39 Å². The van der Waals surface area contributed by atoms with E-state index in [-0.39, 0.29) is 23.7 Å². The highest BCUT2D eigenvalue weighted by Crippen LogP contribution is 2.22. The second kappa shape index (κ2) is 7.61. The maximum atomic E-state index is 13.6. The third-order valence-corrected chi connectivity index (χ3v) is 3.44. The van der Waals surface area contributed by atoms with E-state index >= 15 is 0 Å². The lowest BCUT2D eigenvalue weighted by Crippen LogP contribution is -2.21. The van der Waals surface area contributed by atoms with Crippen molar-refractivity contribution in [1.29, 1.82) is 0 Å². The Labute approximate surface area is 119 Å². The average Bonchev–Trinajstić information content (AvgIpc) is 2.32. The van der Waals surface area contributed by atoms with Gasteiger partial charge in [-0.25, -0.2) is 4.39 Å². The fraction of sp³-hybridized carbons (Fsp3) is 0.533. The summed E-state index contributed by atoms with van der Waals surface area (Å²) in [6.45, 7) is 4.68. The number of carbonyl (C=O) groups excluding carboxylic acids is 1. The molecule has 0 radical (unpaired) electrons. The summed E-state index contributed by atoms with van der Waals surface area (Å²) in [7, 11) is 0. The van der Waals surface area contributed by atoms with Crippen LogP contribution < -0.4 is 5.73 Å². The number of carbonyl (C=O) groups is 1. The molecular weight excluding hydrogens is 265 g/mol. The highest BCUT2D eigenvalue weighted by atomic mass is 35.5. The third-order valence-electron chi connectivity index (χ3n) is 3.09. The van der Waals surface area contributed by atoms with Crippen LogP contribution in [0.25, 0.3) is 0 Å². The molecule has 0 heterocycles. The van der Waals surface area contributed by atoms with E-state index in [0.717, 1.165) is 6.42 Å². The third kappa shape index (κ3) is 5.29. The standard InChI is InChI=1S/C15H21ClFNO/c1-10(2)6-11(9-18)7-12(19)8-13-14(16)4-3-5-15(13)17/h3-5,10-11H,6-9,18H2,1-2H3. The second-order valence-electron chi connectivity index (χ2n) is 5.35. The molecular formula is C15H21ClFNO. The summed E-state index contributed by atoms with van der Waals surface area (Å²) in [6, 6.07) is 4.46. The van der Waals surface area contributed by atoms with Gasteiger partial charge in [-0.1, -0.05) is 31.5 Å². The topological polar surface area (TPSA) is 43.1 Å². The maximum absolute atomic E-state index is 13.6. The highest BCUT2D eigenvalue weighted by molar-refractivity contribution is 6.31. The fourth-order valence-electron chi connectivity index (χ4n) is 2.22. The fourth-order valence-corrected chi connectivity index (χ4v) is 2.45. The largest absolute Gasteiger partial charge is 0.330 e. The molecule has 1 atom stereocenters. The molecule has 1 aromatic carbocycles. The molecule has 106 valence electrons. The van der Waals surface area contributed by atoms with Crippen LogP contribution in [0.1, 0.15) is 32.3 Å². The molecule has 4 heteroatoms. The first-order valence-corrected chi connectivity index (χ1v) is 6.96. The molecule has 1 unspecified atom stereocenters. The van der Waals surface area contributed by atoms with Crippen LogP contribution in [-0.2, 0) is 11.2 Å². The summed E-state index contributed by atoms with van der Waals surface area (Å²) < 4.78 is 13.6. The molecule has 0 spiro atoms. The molecule has 2 N–H and O–H groups in total. The lowest BCUT2D eigenvalue weighted by molar-refractivity contribution is -0.119. The molecule has 1 aromatic rings. The van der Waals surface area contributed by atoms with E-state index < -0.39 is 5.82 Å². The van der Waals surface area contributed by atoms with Gasteiger partial charge in [0.25, 0.3) is 0 Å². The molecule has 0 saturated heterocycles. The number of hydrogen-bond donors (Lipinski definition) is 1. The van der Waals surface area contributed by atoms with Gasteiger partial charge in [0, 0.05) is 23.4 Å². The summed E-state index contributed by atoms with van der Waals surface area (Å²) in [5, 5.41) is 0.307. The number of halogens is 2. The predicted molar refractivity (Wildman–Crippen MR) is 76.7 cm³/mol. The lowest BCUT2D eigenvalue weighted by atomic mass is 9.91. The van der Waals surface area contributed by atoms with Gasteiger partial charge in [0.1, 0.15) is 11.6 Å². The van der Waals surface area contributed by atoms with Crippen LogP contribution in [0, 0.1) is 17.7 Å². The lowest BCUT2D eigenvalue weighted by Gasteiger charge is -2.16. The number of hydrogen-bond acceptors (Lipinski definition) is 2. The van der Waals surface area contributed by atoms with Gasteiger partial charge in [-0.05, 0) is 36.9 Å². The molecule has 0 saturated carbocycles. The molecule has 0 aliphatic carbocycles. The molecule has 1 rings (SSSR count). The van der Waals surface area contributed by atoms with E-state index in [1.54, 1.807) is 6.07 Å². The van der Waals surface area contributed by atoms with Crippen molar-refractivity contribution in [3.05, 3.63) is 34.6 Å². The molecule has 0 aliphatic rings. The zero-order chi connectivity index (χ0) is 14.4. The molecule has 0 amide bonds. The SMILES string of the molecule is CC(C)CC(CN)CC(=O)Cc1c(F)cccc1Cl. The Hall–Kier alpha value is -0.930. The minimum Gasteiger partial charge on any atom is -0.330 e. The number of ketones is 1. The quantitative estimate of drug-likeness (QED) is 0.832. The summed E-state index contributed by atoms with van der Waals surface area (Å²) >= 11 is 5.91. The highest BCUT2D eigenvalue weighted by Gasteiger charge is 2.17. The first-order valence-electron chi connectivity index (χ1n) is 6.58. The van der Waals surface area contributed by atoms with Gasteiger partial charge < -0.3 is 5.73 Å². The normalized spacial score (nSPS) is 12.7. The Bertz CT molecular complexity index is 414. The molecule has 0 fully saturated rings. The van der Waals surface area contributed by atoms with Crippen molar-refractivity contribution in [1.82, 2.24) is 0 Å². The van der Waals surface area contributed by atoms with Crippen LogP contribution in [-0.4, -0.2) is 12.3 Å². The Morgan fingerprint density at radius 2 is 2.11 bits per heavy atom. The summed E-state index contributed by atoms with van der Waals surface area (Å²) in [5.74, 6) is 0.230. The average molecular weight is 286 g/mol. The van der Waals surface area contributed by atoms with Gasteiger partial charge in [-0.3, -0.25) is 4.79 Å². The summed E-state index contributed by atoms with van der Waals surface area (Å²) in [5.41, 5.74) is 5.96. The number of rotatable bonds is 7. The van der Waals surface area contributed by atoms with E-state index in [9.17, 15) is 9.18 Å². The zero-order valence-electron chi connectivity index (χ0n) is 11.5. The number of Topliss-reactive ketones (excluding diaryl/α,β-unsaturated/α-hetero) is 1. The van der Waals surface area contributed by atoms with E-state index in [2.05, 4.69) is 13.8 Å². The Kier molecular flexibility index (Phi) is 6.46. The molecule has 0 bridgehead atoms. The maximum Gasteiger partial charge on any atom is 0.137 e. The second-order valence-corrected chi connectivity index (χ2v) is 5.76. The van der Waals surface area contributed by atoms with Gasteiger partial charge >= 0.3 is 0 Å². The van der Waals surface area contributed by atoms with Crippen LogP contribution in [0.15, 0.2) is 18.2 Å². The van der Waals surface area contributed by atoms with Gasteiger partial charge in [0.15, 0.2) is 0 Å². The van der Waals surface area contributed by atoms with Crippen molar-refractivity contribution in [2.45, 2.75) is 33.1 Å². The monoisotopic (exact) mass is 285 g/mol. The molecule has 0 aromatic heterocycles. The van der Waals surface area contributed by atoms with E-state index in [0.29, 0.717) is 23.9 Å². The Morgan fingerprint density at radius 3 is 2.63 bits per heavy atom. The zero-order valence-corrected chi connectivity index (χ0v) is 12.2. The van der Waals surface area contributed by atoms with Gasteiger partial charge in [0.05, 0.1) is 0 Å². The van der Waals surface area contributed by atoms with E-state index in [4.69, 9.17) is 17.3 Å². The van der Waals surface area contributed by atoms with Crippen molar-refractivity contribution in [2.24, 2.45) is 17.6 Å². The van der Waals surface area contributed by atoms with E-state index in [1.165, 1.54) is 12.1 Å². The van der Waals surface area contributed by atoms with E-state index in [1.807, 2.05) is 0 Å². The Morgan fingerprint density at radius 1 is 1.42 bits per heavy atom. The van der Waals surface area contributed by atoms with Crippen LogP contribution in [0.5, 0.6) is 0 Å². The number of benzene rings is 1. The van der Waals surface area contributed by atoms with Gasteiger partial charge in [0.2, 0.25) is 0 Å². The minimum absolute atomic E-state index is 0.0110. The predicted octanol–water partition coefficient (Wildman–Crippen LogP) is 3.60. The van der Waals surface area contributed by atoms with Crippen molar-refractivity contribution in [2.75, 3.05) is 6.54 Å². The number of nitrogens with two attached hydrogens (primary N) is 1. The van der Waals surface area contributed by atoms with Crippen molar-refractivity contribution in [3.8, 4) is 0 Å². The summed E-state index contributed by atoms with van der Waals surface area (Å²) in [6.07, 6.45) is 1.34. The minimum atomic E-state index is -0.422. The molecule has 19 heavy (non-hydrogen) atoms. The molecule has 0 aliphatic heterocycles. The molecule has 2 nitrogen and oxygen atoms in total. The van der Waals surface area contributed by atoms with Crippen molar-refractivity contribution in [3.63, 3.8) is 0 Å². The van der Waals surface area contributed by atoms with Crippen molar-refractivity contribution >= 4 is 17.4 Å². The van der Waals surface area contributed by atoms with Crippen molar-refractivity contribution < 1.29 is 9.18 Å². The van der Waals surface area contributed by atoms with Crippen LogP contribution in [0.2, 0.25) is 5.02 Å². The van der Waals surface area contributed by atoms with Gasteiger partial charge in [-0.2, -0.15) is 0 Å². The first-order chi connectivity index (χ1) is 8.93.